The van der Waals surface area contributed by atoms with E-state index in [4.69, 9.17) is 38.8 Å². The molecule has 0 aliphatic rings. The van der Waals surface area contributed by atoms with E-state index in [-0.39, 0.29) is 18.1 Å². The van der Waals surface area contributed by atoms with E-state index in [0.29, 0.717) is 32.9 Å². The molecule has 0 bridgehead atoms. The Morgan fingerprint density at radius 3 is 2.24 bits per heavy atom. The molecule has 0 fully saturated rings. The van der Waals surface area contributed by atoms with Crippen molar-refractivity contribution in [3.05, 3.63) is 93.2 Å². The summed E-state index contributed by atoms with van der Waals surface area (Å²) >= 11 is 12.6. The minimum atomic E-state index is -0.946. The van der Waals surface area contributed by atoms with Crippen LogP contribution in [0.15, 0.2) is 72.1 Å². The first-order valence-corrected chi connectivity index (χ1v) is 11.2. The van der Waals surface area contributed by atoms with Gasteiger partial charge in [-0.2, -0.15) is 0 Å². The predicted molar refractivity (Wildman–Crippen MR) is 135 cm³/mol. The first kappa shape index (κ1) is 24.5. The number of rotatable bonds is 8. The quantitative estimate of drug-likeness (QED) is 0.320. The number of nitrogens with two attached hydrogens (primary N) is 1. The summed E-state index contributed by atoms with van der Waals surface area (Å²) < 4.78 is 6.05. The largest absolute Gasteiger partial charge is 0.487 e. The van der Waals surface area contributed by atoms with Gasteiger partial charge in [0.05, 0.1) is 27.0 Å². The Labute approximate surface area is 203 Å². The molecule has 3 aromatic rings. The molecule has 0 unspecified atom stereocenters. The maximum absolute atomic E-state index is 11.1. The molecule has 0 atom stereocenters. The number of nitrogens with one attached hydrogen (secondary N) is 1. The summed E-state index contributed by atoms with van der Waals surface area (Å²) in [6, 6.07) is 17.8. The zero-order valence-electron chi connectivity index (χ0n) is 18.7. The fraction of sp³-hybridized carbons (Fsp3) is 0.192. The number of anilines is 1. The SMILES string of the molecule is Cc1cc(OC/C(Nc2c(Cl)cccc2Cl)=C(/N)C(C)C)ccc1-c1ccc(C(=O)O)cc1. The molecule has 0 radical (unpaired) electrons. The van der Waals surface area contributed by atoms with Gasteiger partial charge in [-0.25, -0.2) is 4.79 Å². The highest BCUT2D eigenvalue weighted by Crippen LogP contribution is 2.32. The Hall–Kier alpha value is -3.15. The average molecular weight is 485 g/mol. The van der Waals surface area contributed by atoms with Crippen molar-refractivity contribution in [3.63, 3.8) is 0 Å². The lowest BCUT2D eigenvalue weighted by Crippen LogP contribution is -2.20. The minimum Gasteiger partial charge on any atom is -0.487 e. The number of benzene rings is 3. The van der Waals surface area contributed by atoms with Crippen molar-refractivity contribution >= 4 is 34.9 Å². The van der Waals surface area contributed by atoms with Crippen LogP contribution in [0.25, 0.3) is 11.1 Å². The van der Waals surface area contributed by atoms with Crippen molar-refractivity contribution in [2.45, 2.75) is 20.8 Å². The predicted octanol–water partition coefficient (Wildman–Crippen LogP) is 6.98. The van der Waals surface area contributed by atoms with E-state index in [1.54, 1.807) is 42.5 Å². The Morgan fingerprint density at radius 1 is 1.06 bits per heavy atom. The minimum absolute atomic E-state index is 0.0928. The van der Waals surface area contributed by atoms with Crippen LogP contribution in [0.4, 0.5) is 5.69 Å². The molecule has 0 amide bonds. The van der Waals surface area contributed by atoms with Gasteiger partial charge in [0.25, 0.3) is 0 Å². The summed E-state index contributed by atoms with van der Waals surface area (Å²) in [4.78, 5) is 11.1. The average Bonchev–Trinajstić information content (AvgIpc) is 2.78. The van der Waals surface area contributed by atoms with E-state index < -0.39 is 5.97 Å². The van der Waals surface area contributed by atoms with E-state index in [1.807, 2.05) is 39.0 Å². The van der Waals surface area contributed by atoms with Crippen LogP contribution < -0.4 is 15.8 Å². The number of allylic oxidation sites excluding steroid dienone is 1. The van der Waals surface area contributed by atoms with E-state index in [1.165, 1.54) is 0 Å². The molecule has 0 aliphatic carbocycles. The number of carbonyl (C=O) groups is 1. The molecule has 33 heavy (non-hydrogen) atoms. The van der Waals surface area contributed by atoms with Crippen molar-refractivity contribution in [2.24, 2.45) is 11.7 Å². The highest BCUT2D eigenvalue weighted by molar-refractivity contribution is 6.39. The topological polar surface area (TPSA) is 84.6 Å². The summed E-state index contributed by atoms with van der Waals surface area (Å²) in [6.07, 6.45) is 0. The molecule has 0 spiro atoms. The van der Waals surface area contributed by atoms with Gasteiger partial charge in [-0.1, -0.05) is 61.3 Å². The maximum atomic E-state index is 11.1. The van der Waals surface area contributed by atoms with Gasteiger partial charge in [0.15, 0.2) is 0 Å². The molecule has 0 aliphatic heterocycles. The fourth-order valence-electron chi connectivity index (χ4n) is 3.31. The third kappa shape index (κ3) is 6.01. The van der Waals surface area contributed by atoms with Crippen molar-refractivity contribution in [3.8, 4) is 16.9 Å². The molecule has 0 heterocycles. The molecular weight excluding hydrogens is 459 g/mol. The summed E-state index contributed by atoms with van der Waals surface area (Å²) in [5, 5.41) is 13.3. The zero-order valence-corrected chi connectivity index (χ0v) is 20.2. The number of aryl methyl sites for hydroxylation is 1. The van der Waals surface area contributed by atoms with Crippen LogP contribution in [0, 0.1) is 12.8 Å². The number of aromatic carboxylic acids is 1. The highest BCUT2D eigenvalue weighted by atomic mass is 35.5. The number of halogens is 2. The van der Waals surface area contributed by atoms with Crippen molar-refractivity contribution in [1.29, 1.82) is 0 Å². The van der Waals surface area contributed by atoms with Crippen LogP contribution in [-0.2, 0) is 0 Å². The zero-order chi connectivity index (χ0) is 24.1. The Bertz CT molecular complexity index is 1170. The number of para-hydroxylation sites is 1. The Balaban J connectivity index is 1.80. The van der Waals surface area contributed by atoms with Gasteiger partial charge in [-0.05, 0) is 65.9 Å². The summed E-state index contributed by atoms with van der Waals surface area (Å²) in [5.41, 5.74) is 11.5. The van der Waals surface area contributed by atoms with Crippen LogP contribution >= 0.6 is 23.2 Å². The van der Waals surface area contributed by atoms with Crippen molar-refractivity contribution < 1.29 is 14.6 Å². The van der Waals surface area contributed by atoms with Gasteiger partial charge in [0.2, 0.25) is 0 Å². The standard InChI is InChI=1S/C26H26Cl2N2O3/c1-15(2)24(29)23(30-25-21(27)5-4-6-22(25)28)14-33-19-11-12-20(16(3)13-19)17-7-9-18(10-8-17)26(31)32/h4-13,15,30H,14,29H2,1-3H3,(H,31,32)/b24-23-. The second-order valence-corrected chi connectivity index (χ2v) is 8.77. The van der Waals surface area contributed by atoms with Crippen LogP contribution in [-0.4, -0.2) is 17.7 Å². The van der Waals surface area contributed by atoms with Crippen LogP contribution in [0.5, 0.6) is 5.75 Å². The maximum Gasteiger partial charge on any atom is 0.335 e. The molecule has 3 aromatic carbocycles. The van der Waals surface area contributed by atoms with Gasteiger partial charge in [-0.3, -0.25) is 0 Å². The van der Waals surface area contributed by atoms with Crippen molar-refractivity contribution in [1.82, 2.24) is 0 Å². The molecule has 4 N–H and O–H groups in total. The van der Waals surface area contributed by atoms with Gasteiger partial charge >= 0.3 is 5.97 Å². The first-order chi connectivity index (χ1) is 15.7. The Kier molecular flexibility index (Phi) is 7.90. The normalized spacial score (nSPS) is 11.8. The van der Waals surface area contributed by atoms with E-state index in [9.17, 15) is 4.79 Å². The van der Waals surface area contributed by atoms with Crippen LogP contribution in [0.3, 0.4) is 0 Å². The summed E-state index contributed by atoms with van der Waals surface area (Å²) in [6.45, 7) is 6.19. The molecule has 0 aromatic heterocycles. The third-order valence-electron chi connectivity index (χ3n) is 5.23. The monoisotopic (exact) mass is 484 g/mol. The van der Waals surface area contributed by atoms with Crippen LogP contribution in [0.2, 0.25) is 10.0 Å². The second-order valence-electron chi connectivity index (χ2n) is 7.96. The van der Waals surface area contributed by atoms with Gasteiger partial charge in [0.1, 0.15) is 12.4 Å². The number of ether oxygens (including phenoxy) is 1. The fourth-order valence-corrected chi connectivity index (χ4v) is 3.80. The Morgan fingerprint density at radius 2 is 1.70 bits per heavy atom. The lowest BCUT2D eigenvalue weighted by atomic mass is 9.99. The highest BCUT2D eigenvalue weighted by Gasteiger charge is 2.14. The number of hydrogen-bond donors (Lipinski definition) is 3. The summed E-state index contributed by atoms with van der Waals surface area (Å²) in [7, 11) is 0. The van der Waals surface area contributed by atoms with Gasteiger partial charge in [0, 0.05) is 5.70 Å². The number of carboxylic acid groups (broad SMARTS) is 1. The van der Waals surface area contributed by atoms with E-state index >= 15 is 0 Å². The molecule has 7 heteroatoms. The lowest BCUT2D eigenvalue weighted by Gasteiger charge is -2.19. The first-order valence-electron chi connectivity index (χ1n) is 10.4. The van der Waals surface area contributed by atoms with Gasteiger partial charge in [-0.15, -0.1) is 0 Å². The molecule has 0 saturated carbocycles. The number of carboxylic acids is 1. The van der Waals surface area contributed by atoms with Crippen LogP contribution in [0.1, 0.15) is 29.8 Å². The molecule has 0 saturated heterocycles. The van der Waals surface area contributed by atoms with Crippen molar-refractivity contribution in [2.75, 3.05) is 11.9 Å². The lowest BCUT2D eigenvalue weighted by molar-refractivity contribution is 0.0697. The third-order valence-corrected chi connectivity index (χ3v) is 5.86. The smallest absolute Gasteiger partial charge is 0.335 e. The second kappa shape index (κ2) is 10.6. The summed E-state index contributed by atoms with van der Waals surface area (Å²) in [5.74, 6) is -0.173. The molecule has 5 nitrogen and oxygen atoms in total. The molecule has 172 valence electrons. The molecule has 3 rings (SSSR count). The number of hydrogen-bond acceptors (Lipinski definition) is 4. The van der Waals surface area contributed by atoms with Gasteiger partial charge < -0.3 is 20.9 Å². The molecular formula is C26H26Cl2N2O3. The van der Waals surface area contributed by atoms with E-state index in [2.05, 4.69) is 5.32 Å². The van der Waals surface area contributed by atoms with E-state index in [0.717, 1.165) is 16.7 Å².